The highest BCUT2D eigenvalue weighted by molar-refractivity contribution is 6.37. The van der Waals surface area contributed by atoms with Gasteiger partial charge in [0.05, 0.1) is 25.4 Å². The summed E-state index contributed by atoms with van der Waals surface area (Å²) in [6.45, 7) is 8.74. The van der Waals surface area contributed by atoms with Crippen molar-refractivity contribution in [3.63, 3.8) is 0 Å². The van der Waals surface area contributed by atoms with Gasteiger partial charge in [0.25, 0.3) is 5.91 Å². The predicted molar refractivity (Wildman–Crippen MR) is 132 cm³/mol. The zero-order valence-corrected chi connectivity index (χ0v) is 20.3. The summed E-state index contributed by atoms with van der Waals surface area (Å²) in [6, 6.07) is 6.33. The van der Waals surface area contributed by atoms with Crippen LogP contribution in [0, 0.1) is 0 Å². The number of allylic oxidation sites excluding steroid dienone is 4. The highest BCUT2D eigenvalue weighted by Crippen LogP contribution is 2.33. The largest absolute Gasteiger partial charge is 0.499 e. The SMILES string of the molecule is C=NC=C(CC(C)=C(C(Cl)=CC)c1ccc(NC(=O)C2=C(F)CN(C)C(C)C2F)cc1)OC. The Hall–Kier alpha value is -2.77. The molecule has 0 radical (unpaired) electrons. The molecule has 0 bridgehead atoms. The van der Waals surface area contributed by atoms with E-state index in [1.165, 1.54) is 4.90 Å². The van der Waals surface area contributed by atoms with Gasteiger partial charge >= 0.3 is 0 Å². The monoisotopic (exact) mass is 477 g/mol. The first-order valence-corrected chi connectivity index (χ1v) is 10.9. The number of methoxy groups -OCH3 is 1. The number of amides is 1. The summed E-state index contributed by atoms with van der Waals surface area (Å²) in [5.74, 6) is -0.903. The predicted octanol–water partition coefficient (Wildman–Crippen LogP) is 6.02. The van der Waals surface area contributed by atoms with Crippen LogP contribution in [0.4, 0.5) is 14.5 Å². The molecule has 2 rings (SSSR count). The first kappa shape index (κ1) is 26.5. The first-order valence-electron chi connectivity index (χ1n) is 10.5. The smallest absolute Gasteiger partial charge is 0.257 e. The first-order chi connectivity index (χ1) is 15.6. The summed E-state index contributed by atoms with van der Waals surface area (Å²) in [5.41, 5.74) is 2.54. The van der Waals surface area contributed by atoms with E-state index in [-0.39, 0.29) is 6.54 Å². The summed E-state index contributed by atoms with van der Waals surface area (Å²) in [4.78, 5) is 17.9. The molecule has 1 aliphatic heterocycles. The third kappa shape index (κ3) is 6.39. The number of aliphatic imine (C=N–C) groups is 1. The Bertz CT molecular complexity index is 1010. The highest BCUT2D eigenvalue weighted by atomic mass is 35.5. The van der Waals surface area contributed by atoms with E-state index in [9.17, 15) is 13.6 Å². The molecule has 2 atom stereocenters. The molecule has 0 aliphatic carbocycles. The number of hydrogen-bond donors (Lipinski definition) is 1. The number of rotatable bonds is 8. The average molecular weight is 478 g/mol. The molecule has 0 fully saturated rings. The third-order valence-corrected chi connectivity index (χ3v) is 6.01. The fourth-order valence-electron chi connectivity index (χ4n) is 3.58. The van der Waals surface area contributed by atoms with Crippen LogP contribution >= 0.6 is 11.6 Å². The van der Waals surface area contributed by atoms with Crippen LogP contribution in [-0.2, 0) is 9.53 Å². The van der Waals surface area contributed by atoms with Gasteiger partial charge in [0.2, 0.25) is 0 Å². The van der Waals surface area contributed by atoms with Crippen molar-refractivity contribution in [3.8, 4) is 0 Å². The zero-order valence-electron chi connectivity index (χ0n) is 19.6. The van der Waals surface area contributed by atoms with Gasteiger partial charge in [-0.05, 0) is 57.8 Å². The topological polar surface area (TPSA) is 53.9 Å². The maximum atomic E-state index is 14.6. The normalized spacial score (nSPS) is 21.0. The van der Waals surface area contributed by atoms with E-state index in [2.05, 4.69) is 17.0 Å². The average Bonchev–Trinajstić information content (AvgIpc) is 2.78. The molecule has 1 aromatic rings. The van der Waals surface area contributed by atoms with Crippen molar-refractivity contribution >= 4 is 35.5 Å². The number of benzene rings is 1. The minimum atomic E-state index is -1.71. The van der Waals surface area contributed by atoms with Crippen molar-refractivity contribution in [2.75, 3.05) is 26.0 Å². The Kier molecular flexibility index (Phi) is 9.56. The minimum absolute atomic E-state index is 0.0994. The zero-order chi connectivity index (χ0) is 24.7. The van der Waals surface area contributed by atoms with Crippen molar-refractivity contribution in [3.05, 3.63) is 69.9 Å². The molecule has 1 aromatic carbocycles. The van der Waals surface area contributed by atoms with Crippen LogP contribution < -0.4 is 5.32 Å². The lowest BCUT2D eigenvalue weighted by Gasteiger charge is -2.33. The van der Waals surface area contributed by atoms with Crippen LogP contribution in [0.1, 0.15) is 32.8 Å². The number of hydrogen-bond acceptors (Lipinski definition) is 4. The molecular formula is C25H30ClF2N3O2. The highest BCUT2D eigenvalue weighted by Gasteiger charge is 2.36. The summed E-state index contributed by atoms with van der Waals surface area (Å²) in [5, 5.41) is 3.15. The van der Waals surface area contributed by atoms with Crippen molar-refractivity contribution < 1.29 is 18.3 Å². The lowest BCUT2D eigenvalue weighted by molar-refractivity contribution is -0.114. The van der Waals surface area contributed by atoms with Gasteiger partial charge in [-0.25, -0.2) is 8.78 Å². The number of ether oxygens (including phenoxy) is 1. The van der Waals surface area contributed by atoms with E-state index in [0.29, 0.717) is 22.9 Å². The second-order valence-corrected chi connectivity index (χ2v) is 8.27. The van der Waals surface area contributed by atoms with Crippen LogP contribution in [0.15, 0.2) is 69.3 Å². The van der Waals surface area contributed by atoms with E-state index < -0.39 is 29.5 Å². The Morgan fingerprint density at radius 2 is 2.03 bits per heavy atom. The number of carbonyl (C=O) groups is 1. The van der Waals surface area contributed by atoms with Crippen LogP contribution in [0.2, 0.25) is 0 Å². The molecule has 2 unspecified atom stereocenters. The van der Waals surface area contributed by atoms with Crippen LogP contribution in [0.25, 0.3) is 5.57 Å². The molecule has 0 aromatic heterocycles. The van der Waals surface area contributed by atoms with Crippen LogP contribution in [-0.4, -0.2) is 50.4 Å². The van der Waals surface area contributed by atoms with Gasteiger partial charge in [0, 0.05) is 23.2 Å². The second-order valence-electron chi connectivity index (χ2n) is 7.86. The summed E-state index contributed by atoms with van der Waals surface area (Å²) < 4.78 is 34.3. The van der Waals surface area contributed by atoms with Crippen molar-refractivity contribution in [2.24, 2.45) is 4.99 Å². The number of nitrogens with zero attached hydrogens (tertiary/aromatic N) is 2. The Labute approximate surface area is 199 Å². The van der Waals surface area contributed by atoms with E-state index in [1.54, 1.807) is 57.6 Å². The molecular weight excluding hydrogens is 448 g/mol. The molecule has 0 saturated carbocycles. The minimum Gasteiger partial charge on any atom is -0.499 e. The van der Waals surface area contributed by atoms with Gasteiger partial charge < -0.3 is 10.1 Å². The lowest BCUT2D eigenvalue weighted by atomic mass is 9.96. The number of anilines is 1. The summed E-state index contributed by atoms with van der Waals surface area (Å²) in [6.07, 6.45) is 2.10. The van der Waals surface area contributed by atoms with Crippen LogP contribution in [0.3, 0.4) is 0 Å². The maximum Gasteiger partial charge on any atom is 0.257 e. The van der Waals surface area contributed by atoms with Gasteiger partial charge in [-0.2, -0.15) is 0 Å². The van der Waals surface area contributed by atoms with Crippen LogP contribution in [0.5, 0.6) is 0 Å². The maximum absolute atomic E-state index is 14.6. The van der Waals surface area contributed by atoms with E-state index in [4.69, 9.17) is 16.3 Å². The van der Waals surface area contributed by atoms with Gasteiger partial charge in [-0.15, -0.1) is 0 Å². The molecule has 1 N–H and O–H groups in total. The molecule has 1 heterocycles. The standard InChI is InChI=1S/C25H30ClF2N3O2/c1-7-20(26)22(15(2)12-19(33-6)13-29-4)17-8-10-18(11-9-17)30-25(32)23-21(27)14-31(5)16(3)24(23)28/h7-11,13,16,24H,4,12,14H2,1-3,5-6H3,(H,30,32). The van der Waals surface area contributed by atoms with E-state index in [1.807, 2.05) is 13.8 Å². The van der Waals surface area contributed by atoms with Crippen molar-refractivity contribution in [2.45, 2.75) is 39.4 Å². The number of likely N-dealkylation sites (N-methyl/N-ethyl adjacent to an activating group) is 1. The number of nitrogens with one attached hydrogen (secondary N) is 1. The molecule has 178 valence electrons. The van der Waals surface area contributed by atoms with Gasteiger partial charge in [-0.1, -0.05) is 35.4 Å². The van der Waals surface area contributed by atoms with Crippen molar-refractivity contribution in [1.82, 2.24) is 4.90 Å². The third-order valence-electron chi connectivity index (χ3n) is 5.61. The molecule has 8 heteroatoms. The number of alkyl halides is 1. The molecule has 0 saturated heterocycles. The van der Waals surface area contributed by atoms with Gasteiger partial charge in [0.1, 0.15) is 17.8 Å². The van der Waals surface area contributed by atoms with Crippen molar-refractivity contribution in [1.29, 1.82) is 0 Å². The fraction of sp³-hybridized carbons (Fsp3) is 0.360. The Morgan fingerprint density at radius 1 is 1.39 bits per heavy atom. The summed E-state index contributed by atoms with van der Waals surface area (Å²) >= 11 is 6.49. The molecule has 0 spiro atoms. The molecule has 5 nitrogen and oxygen atoms in total. The molecule has 1 aliphatic rings. The lowest BCUT2D eigenvalue weighted by Crippen LogP contribution is -2.45. The number of carbonyl (C=O) groups excluding carboxylic acids is 1. The quantitative estimate of drug-likeness (QED) is 0.283. The number of halogens is 3. The molecule has 33 heavy (non-hydrogen) atoms. The second kappa shape index (κ2) is 11.9. The van der Waals surface area contributed by atoms with Gasteiger partial charge in [-0.3, -0.25) is 14.7 Å². The molecule has 1 amide bonds. The Morgan fingerprint density at radius 3 is 2.58 bits per heavy atom. The summed E-state index contributed by atoms with van der Waals surface area (Å²) in [7, 11) is 3.18. The van der Waals surface area contributed by atoms with E-state index in [0.717, 1.165) is 16.7 Å². The van der Waals surface area contributed by atoms with Gasteiger partial charge in [0.15, 0.2) is 0 Å². The fourth-order valence-corrected chi connectivity index (χ4v) is 3.85. The van der Waals surface area contributed by atoms with E-state index >= 15 is 0 Å². The Balaban J connectivity index is 2.31.